The molecule has 0 aliphatic carbocycles. The molecule has 0 N–H and O–H groups in total. The molecule has 4 heteroatoms. The first-order chi connectivity index (χ1) is 25.7. The van der Waals surface area contributed by atoms with Gasteiger partial charge >= 0.3 is 0 Å². The van der Waals surface area contributed by atoms with E-state index in [1.165, 1.54) is 20.9 Å². The Morgan fingerprint density at radius 2 is 0.808 bits per heavy atom. The normalized spacial score (nSPS) is 11.8. The zero-order valence-electron chi connectivity index (χ0n) is 27.9. The maximum absolute atomic E-state index is 6.23. The number of anilines is 3. The monoisotopic (exact) mass is 683 g/mol. The van der Waals surface area contributed by atoms with Crippen molar-refractivity contribution in [2.75, 3.05) is 4.90 Å². The molecule has 11 rings (SSSR count). The first kappa shape index (κ1) is 29.1. The Hall–Kier alpha value is -6.62. The molecule has 8 aromatic carbocycles. The smallest absolute Gasteiger partial charge is 0.136 e. The van der Waals surface area contributed by atoms with Crippen LogP contribution in [-0.2, 0) is 0 Å². The van der Waals surface area contributed by atoms with E-state index in [0.717, 1.165) is 82.5 Å². The molecule has 0 fully saturated rings. The van der Waals surface area contributed by atoms with Crippen LogP contribution in [0.2, 0.25) is 0 Å². The van der Waals surface area contributed by atoms with Gasteiger partial charge in [0.1, 0.15) is 22.3 Å². The maximum Gasteiger partial charge on any atom is 0.136 e. The van der Waals surface area contributed by atoms with E-state index in [1.54, 1.807) is 0 Å². The van der Waals surface area contributed by atoms with Crippen LogP contribution < -0.4 is 4.90 Å². The Morgan fingerprint density at radius 1 is 0.327 bits per heavy atom. The average Bonchev–Trinajstić information content (AvgIpc) is 3.93. The summed E-state index contributed by atoms with van der Waals surface area (Å²) in [4.78, 5) is 4.88. The van der Waals surface area contributed by atoms with Crippen LogP contribution in [0.1, 0.15) is 0 Å². The minimum Gasteiger partial charge on any atom is -0.456 e. The Kier molecular flexibility index (Phi) is 6.42. The number of para-hydroxylation sites is 2. The summed E-state index contributed by atoms with van der Waals surface area (Å²) in [6.45, 7) is 0. The van der Waals surface area contributed by atoms with Gasteiger partial charge in [0.15, 0.2) is 0 Å². The van der Waals surface area contributed by atoms with Crippen molar-refractivity contribution >= 4 is 93.8 Å². The van der Waals surface area contributed by atoms with E-state index in [9.17, 15) is 0 Å². The summed E-state index contributed by atoms with van der Waals surface area (Å²) in [5.41, 5.74) is 9.35. The lowest BCUT2D eigenvalue weighted by Gasteiger charge is -2.26. The summed E-state index contributed by atoms with van der Waals surface area (Å²) < 4.78 is 12.5. The van der Waals surface area contributed by atoms with Crippen molar-refractivity contribution in [2.24, 2.45) is 0 Å². The van der Waals surface area contributed by atoms with E-state index in [4.69, 9.17) is 8.83 Å². The molecule has 0 unspecified atom stereocenters. The Balaban J connectivity index is 1.06. The summed E-state index contributed by atoms with van der Waals surface area (Å²) in [5, 5.41) is 9.14. The standard InChI is InChI=1S/C48H29NO2S/c1-2-8-30(9-3-1)47-22-23-48(52-47)31-14-18-36(19-15-31)49(37-20-16-32-28-45-41(26-34(32)24-37)39-10-4-6-12-43(39)50-45)38-21-17-33-29-46-42(27-35(33)25-38)40-11-5-7-13-44(40)51-46/h1-29H. The SMILES string of the molecule is c1ccc(-c2ccc(-c3ccc(N(c4ccc5cc6oc7ccccc7c6cc5c4)c4ccc5cc6oc7ccccc7c6cc5c4)cc3)s2)cc1. The molecule has 3 nitrogen and oxygen atoms in total. The van der Waals surface area contributed by atoms with Crippen LogP contribution in [-0.4, -0.2) is 0 Å². The Labute approximate surface area is 303 Å². The minimum atomic E-state index is 0.908. The molecular weight excluding hydrogens is 655 g/mol. The van der Waals surface area contributed by atoms with Crippen molar-refractivity contribution < 1.29 is 8.83 Å². The Bertz CT molecular complexity index is 2980. The summed E-state index contributed by atoms with van der Waals surface area (Å²) in [7, 11) is 0. The second-order valence-corrected chi connectivity index (χ2v) is 14.5. The first-order valence-electron chi connectivity index (χ1n) is 17.5. The Morgan fingerprint density at radius 3 is 1.37 bits per heavy atom. The number of furan rings is 2. The van der Waals surface area contributed by atoms with Crippen LogP contribution >= 0.6 is 11.3 Å². The van der Waals surface area contributed by atoms with Crippen LogP contribution in [0.4, 0.5) is 17.1 Å². The molecule has 11 aromatic rings. The second-order valence-electron chi connectivity index (χ2n) is 13.4. The van der Waals surface area contributed by atoms with Crippen LogP contribution in [0.25, 0.3) is 86.3 Å². The number of nitrogens with zero attached hydrogens (tertiary/aromatic N) is 1. The predicted octanol–water partition coefficient (Wildman–Crippen LogP) is 14.7. The van der Waals surface area contributed by atoms with Crippen LogP contribution in [0.5, 0.6) is 0 Å². The van der Waals surface area contributed by atoms with Gasteiger partial charge in [-0.3, -0.25) is 0 Å². The first-order valence-corrected chi connectivity index (χ1v) is 18.3. The van der Waals surface area contributed by atoms with Crippen LogP contribution in [0.3, 0.4) is 0 Å². The largest absolute Gasteiger partial charge is 0.456 e. The van der Waals surface area contributed by atoms with Crippen molar-refractivity contribution in [3.8, 4) is 20.9 Å². The van der Waals surface area contributed by atoms with Crippen molar-refractivity contribution in [2.45, 2.75) is 0 Å². The van der Waals surface area contributed by atoms with Crippen LogP contribution in [0.15, 0.2) is 185 Å². The number of thiophene rings is 1. The lowest BCUT2D eigenvalue weighted by atomic mass is 10.0. The van der Waals surface area contributed by atoms with Gasteiger partial charge in [-0.05, 0) is 118 Å². The van der Waals surface area contributed by atoms with Gasteiger partial charge < -0.3 is 13.7 Å². The summed E-state index contributed by atoms with van der Waals surface area (Å²) in [6, 6.07) is 62.8. The highest BCUT2D eigenvalue weighted by Gasteiger charge is 2.17. The fourth-order valence-corrected chi connectivity index (χ4v) is 8.68. The lowest BCUT2D eigenvalue weighted by Crippen LogP contribution is -2.09. The van der Waals surface area contributed by atoms with Gasteiger partial charge in [0.2, 0.25) is 0 Å². The highest BCUT2D eigenvalue weighted by molar-refractivity contribution is 7.18. The molecule has 3 heterocycles. The third-order valence-corrected chi connectivity index (χ3v) is 11.4. The van der Waals surface area contributed by atoms with Gasteiger partial charge in [-0.25, -0.2) is 0 Å². The molecule has 0 atom stereocenters. The predicted molar refractivity (Wildman–Crippen MR) is 219 cm³/mol. The van der Waals surface area contributed by atoms with Gasteiger partial charge in [-0.1, -0.05) is 91.0 Å². The second kappa shape index (κ2) is 11.5. The third-order valence-electron chi connectivity index (χ3n) is 10.2. The zero-order valence-corrected chi connectivity index (χ0v) is 28.7. The molecule has 0 bridgehead atoms. The zero-order chi connectivity index (χ0) is 34.2. The molecular formula is C48H29NO2S. The fraction of sp³-hybridized carbons (Fsp3) is 0. The van der Waals surface area contributed by atoms with Gasteiger partial charge in [-0.2, -0.15) is 0 Å². The van der Waals surface area contributed by atoms with E-state index in [2.05, 4.69) is 157 Å². The van der Waals surface area contributed by atoms with E-state index >= 15 is 0 Å². The van der Waals surface area contributed by atoms with E-state index in [1.807, 2.05) is 35.6 Å². The number of benzene rings is 8. The van der Waals surface area contributed by atoms with E-state index in [-0.39, 0.29) is 0 Å². The third kappa shape index (κ3) is 4.73. The highest BCUT2D eigenvalue weighted by Crippen LogP contribution is 2.42. The maximum atomic E-state index is 6.23. The van der Waals surface area contributed by atoms with E-state index in [0.29, 0.717) is 0 Å². The number of fused-ring (bicyclic) bond motifs is 8. The quantitative estimate of drug-likeness (QED) is 0.181. The summed E-state index contributed by atoms with van der Waals surface area (Å²) >= 11 is 1.82. The molecule has 52 heavy (non-hydrogen) atoms. The van der Waals surface area contributed by atoms with Gasteiger partial charge in [-0.15, -0.1) is 11.3 Å². The molecule has 0 amide bonds. The van der Waals surface area contributed by atoms with Crippen molar-refractivity contribution in [3.63, 3.8) is 0 Å². The highest BCUT2D eigenvalue weighted by atomic mass is 32.1. The topological polar surface area (TPSA) is 29.5 Å². The molecule has 3 aromatic heterocycles. The number of hydrogen-bond donors (Lipinski definition) is 0. The molecule has 0 saturated carbocycles. The van der Waals surface area contributed by atoms with Gasteiger partial charge in [0, 0.05) is 48.4 Å². The molecule has 0 radical (unpaired) electrons. The summed E-state index contributed by atoms with van der Waals surface area (Å²) in [6.07, 6.45) is 0. The number of hydrogen-bond acceptors (Lipinski definition) is 4. The van der Waals surface area contributed by atoms with Crippen molar-refractivity contribution in [1.29, 1.82) is 0 Å². The minimum absolute atomic E-state index is 0.908. The van der Waals surface area contributed by atoms with E-state index < -0.39 is 0 Å². The van der Waals surface area contributed by atoms with Crippen molar-refractivity contribution in [3.05, 3.63) is 176 Å². The van der Waals surface area contributed by atoms with Gasteiger partial charge in [0.25, 0.3) is 0 Å². The van der Waals surface area contributed by atoms with Crippen LogP contribution in [0, 0.1) is 0 Å². The van der Waals surface area contributed by atoms with Crippen molar-refractivity contribution in [1.82, 2.24) is 0 Å². The lowest BCUT2D eigenvalue weighted by molar-refractivity contribution is 0.669. The molecule has 244 valence electrons. The van der Waals surface area contributed by atoms with Gasteiger partial charge in [0.05, 0.1) is 0 Å². The fourth-order valence-electron chi connectivity index (χ4n) is 7.66. The molecule has 0 saturated heterocycles. The average molecular weight is 684 g/mol. The molecule has 0 aliphatic rings. The molecule has 0 aliphatic heterocycles. The summed E-state index contributed by atoms with van der Waals surface area (Å²) in [5.74, 6) is 0. The number of rotatable bonds is 5. The molecule has 0 spiro atoms.